The van der Waals surface area contributed by atoms with Crippen LogP contribution in [-0.4, -0.2) is 38.2 Å². The van der Waals surface area contributed by atoms with Crippen LogP contribution in [0.1, 0.15) is 31.1 Å². The second-order valence-electron chi connectivity index (χ2n) is 4.57. The molecule has 0 radical (unpaired) electrons. The average Bonchev–Trinajstić information content (AvgIpc) is 2.44. The Kier molecular flexibility index (Phi) is 4.05. The molecule has 1 heterocycles. The zero-order valence-corrected chi connectivity index (χ0v) is 11.7. The van der Waals surface area contributed by atoms with Gasteiger partial charge in [0.2, 0.25) is 0 Å². The normalized spacial score (nSPS) is 10.4. The molecule has 124 valence electrons. The van der Waals surface area contributed by atoms with Crippen molar-refractivity contribution in [3.8, 4) is 11.1 Å². The Morgan fingerprint density at radius 3 is 2.00 bits per heavy atom. The number of rotatable bonds is 4. The number of nitrogens with one attached hydrogen (secondary N) is 1. The number of aromatic amines is 1. The largest absolute Gasteiger partial charge is 0.478 e. The highest BCUT2D eigenvalue weighted by Crippen LogP contribution is 2.32. The van der Waals surface area contributed by atoms with Crippen molar-refractivity contribution in [2.24, 2.45) is 0 Å². The smallest absolute Gasteiger partial charge is 0.342 e. The Labute approximate surface area is 131 Å². The fraction of sp³-hybridized carbons (Fsp3) is 0. The Morgan fingerprint density at radius 2 is 1.50 bits per heavy atom. The number of halogens is 1. The second-order valence-corrected chi connectivity index (χ2v) is 4.57. The van der Waals surface area contributed by atoms with E-state index in [1.807, 2.05) is 4.98 Å². The van der Waals surface area contributed by atoms with Crippen molar-refractivity contribution in [3.05, 3.63) is 51.1 Å². The van der Waals surface area contributed by atoms with Crippen molar-refractivity contribution >= 4 is 23.7 Å². The molecular formula is C14H9FN2O7. The van der Waals surface area contributed by atoms with Gasteiger partial charge < -0.3 is 26.0 Å². The first kappa shape index (κ1) is 16.7. The lowest BCUT2D eigenvalue weighted by atomic mass is 9.91. The Bertz CT molecular complexity index is 949. The van der Waals surface area contributed by atoms with Gasteiger partial charge >= 0.3 is 17.9 Å². The minimum Gasteiger partial charge on any atom is -0.478 e. The minimum absolute atomic E-state index is 0.588. The van der Waals surface area contributed by atoms with E-state index in [4.69, 9.17) is 10.8 Å². The summed E-state index contributed by atoms with van der Waals surface area (Å²) in [6.07, 6.45) is 0. The summed E-state index contributed by atoms with van der Waals surface area (Å²) < 4.78 is 13.9. The molecule has 0 atom stereocenters. The molecule has 0 aliphatic heterocycles. The molecule has 24 heavy (non-hydrogen) atoms. The van der Waals surface area contributed by atoms with Crippen LogP contribution in [0.25, 0.3) is 11.1 Å². The Morgan fingerprint density at radius 1 is 0.958 bits per heavy atom. The molecule has 0 aliphatic rings. The maximum Gasteiger partial charge on any atom is 0.342 e. The Hall–Kier alpha value is -3.69. The molecule has 0 spiro atoms. The molecule has 0 saturated heterocycles. The fourth-order valence-corrected chi connectivity index (χ4v) is 2.27. The highest BCUT2D eigenvalue weighted by Gasteiger charge is 2.30. The van der Waals surface area contributed by atoms with Gasteiger partial charge in [-0.1, -0.05) is 12.1 Å². The van der Waals surface area contributed by atoms with E-state index in [-0.39, 0.29) is 0 Å². The van der Waals surface area contributed by atoms with Crippen molar-refractivity contribution < 1.29 is 34.1 Å². The van der Waals surface area contributed by atoms with E-state index in [9.17, 15) is 33.8 Å². The van der Waals surface area contributed by atoms with Crippen LogP contribution in [0, 0.1) is 5.82 Å². The first-order chi connectivity index (χ1) is 11.2. The summed E-state index contributed by atoms with van der Waals surface area (Å²) >= 11 is 0. The molecule has 9 nitrogen and oxygen atoms in total. The van der Waals surface area contributed by atoms with Crippen LogP contribution in [-0.2, 0) is 0 Å². The van der Waals surface area contributed by atoms with Gasteiger partial charge in [0, 0.05) is 11.1 Å². The first-order valence-corrected chi connectivity index (χ1v) is 6.21. The van der Waals surface area contributed by atoms with E-state index in [1.54, 1.807) is 0 Å². The van der Waals surface area contributed by atoms with Crippen LogP contribution < -0.4 is 11.3 Å². The number of nitrogen functional groups attached to an aromatic ring is 1. The number of carboxylic acid groups (broad SMARTS) is 3. The molecule has 0 amide bonds. The first-order valence-electron chi connectivity index (χ1n) is 6.21. The molecular weight excluding hydrogens is 327 g/mol. The topological polar surface area (TPSA) is 171 Å². The summed E-state index contributed by atoms with van der Waals surface area (Å²) in [5, 5.41) is 27.6. The highest BCUT2D eigenvalue weighted by molar-refractivity contribution is 6.10. The number of pyridine rings is 1. The zero-order chi connectivity index (χ0) is 18.2. The predicted molar refractivity (Wildman–Crippen MR) is 77.7 cm³/mol. The molecule has 0 fully saturated rings. The molecule has 0 unspecified atom stereocenters. The molecule has 0 saturated carbocycles. The number of anilines is 1. The summed E-state index contributed by atoms with van der Waals surface area (Å²) in [5.41, 5.74) is -0.0849. The maximum absolute atomic E-state index is 13.9. The van der Waals surface area contributed by atoms with Crippen molar-refractivity contribution in [3.63, 3.8) is 0 Å². The number of hydrogen-bond donors (Lipinski definition) is 5. The third kappa shape index (κ3) is 2.56. The summed E-state index contributed by atoms with van der Waals surface area (Å²) in [5.74, 6) is -7.23. The van der Waals surface area contributed by atoms with E-state index in [0.717, 1.165) is 18.2 Å². The standard InChI is InChI=1S/C14H9FN2O7/c15-5-3-1-2-4(6(5)12(19)20)7-8(13(21)22)10(16)17-11(18)9(7)14(23)24/h1-3H,(H,19,20)(H,21,22)(H,23,24)(H3,16,17,18). The van der Waals surface area contributed by atoms with E-state index in [1.165, 1.54) is 0 Å². The number of hydrogen-bond acceptors (Lipinski definition) is 5. The van der Waals surface area contributed by atoms with E-state index >= 15 is 0 Å². The lowest BCUT2D eigenvalue weighted by molar-refractivity contribution is 0.0676. The van der Waals surface area contributed by atoms with E-state index in [0.29, 0.717) is 0 Å². The van der Waals surface area contributed by atoms with Gasteiger partial charge in [0.1, 0.15) is 28.3 Å². The summed E-state index contributed by atoms with van der Waals surface area (Å²) in [7, 11) is 0. The monoisotopic (exact) mass is 336 g/mol. The summed E-state index contributed by atoms with van der Waals surface area (Å²) in [6, 6.07) is 2.83. The van der Waals surface area contributed by atoms with Gasteiger partial charge in [-0.2, -0.15) is 0 Å². The number of nitrogens with two attached hydrogens (primary N) is 1. The van der Waals surface area contributed by atoms with Gasteiger partial charge in [0.15, 0.2) is 0 Å². The van der Waals surface area contributed by atoms with Crippen LogP contribution >= 0.6 is 0 Å². The van der Waals surface area contributed by atoms with Crippen LogP contribution in [0.3, 0.4) is 0 Å². The van der Waals surface area contributed by atoms with Crippen molar-refractivity contribution in [2.75, 3.05) is 5.73 Å². The van der Waals surface area contributed by atoms with Gasteiger partial charge in [-0.25, -0.2) is 18.8 Å². The van der Waals surface area contributed by atoms with Gasteiger partial charge in [-0.15, -0.1) is 0 Å². The number of carbonyl (C=O) groups is 3. The number of benzene rings is 1. The van der Waals surface area contributed by atoms with Gasteiger partial charge in [0.05, 0.1) is 0 Å². The molecule has 1 aromatic heterocycles. The molecule has 6 N–H and O–H groups in total. The molecule has 0 bridgehead atoms. The van der Waals surface area contributed by atoms with E-state index < -0.39 is 62.9 Å². The molecule has 1 aromatic carbocycles. The lowest BCUT2D eigenvalue weighted by Gasteiger charge is -2.14. The van der Waals surface area contributed by atoms with Crippen LogP contribution in [0.2, 0.25) is 0 Å². The second kappa shape index (κ2) is 5.83. The molecule has 2 rings (SSSR count). The SMILES string of the molecule is Nc1[nH]c(=O)c(C(=O)O)c(-c2cccc(F)c2C(=O)O)c1C(=O)O. The van der Waals surface area contributed by atoms with Crippen molar-refractivity contribution in [1.82, 2.24) is 4.98 Å². The minimum atomic E-state index is -1.82. The predicted octanol–water partition coefficient (Wildman–Crippen LogP) is 0.858. The third-order valence-corrected chi connectivity index (χ3v) is 3.17. The van der Waals surface area contributed by atoms with Crippen molar-refractivity contribution in [2.45, 2.75) is 0 Å². The maximum atomic E-state index is 13.9. The number of aromatic nitrogens is 1. The van der Waals surface area contributed by atoms with E-state index in [2.05, 4.69) is 0 Å². The summed E-state index contributed by atoms with van der Waals surface area (Å²) in [6.45, 7) is 0. The fourth-order valence-electron chi connectivity index (χ4n) is 2.27. The van der Waals surface area contributed by atoms with Crippen molar-refractivity contribution in [1.29, 1.82) is 0 Å². The lowest BCUT2D eigenvalue weighted by Crippen LogP contribution is -2.25. The average molecular weight is 336 g/mol. The van der Waals surface area contributed by atoms with Gasteiger partial charge in [0.25, 0.3) is 5.56 Å². The van der Waals surface area contributed by atoms with Gasteiger partial charge in [-0.3, -0.25) is 4.79 Å². The van der Waals surface area contributed by atoms with Crippen LogP contribution in [0.5, 0.6) is 0 Å². The number of H-pyrrole nitrogens is 1. The molecule has 2 aromatic rings. The zero-order valence-electron chi connectivity index (χ0n) is 11.7. The van der Waals surface area contributed by atoms with Gasteiger partial charge in [-0.05, 0) is 6.07 Å². The van der Waals surface area contributed by atoms with Crippen LogP contribution in [0.15, 0.2) is 23.0 Å². The summed E-state index contributed by atoms with van der Waals surface area (Å²) in [4.78, 5) is 47.8. The number of aromatic carboxylic acids is 3. The third-order valence-electron chi connectivity index (χ3n) is 3.17. The quantitative estimate of drug-likeness (QED) is 0.547. The Balaban J connectivity index is 3.12. The molecule has 0 aliphatic carbocycles. The molecule has 10 heteroatoms. The highest BCUT2D eigenvalue weighted by atomic mass is 19.1. The number of carboxylic acids is 3. The van der Waals surface area contributed by atoms with Crippen LogP contribution in [0.4, 0.5) is 10.2 Å².